The first kappa shape index (κ1) is 29.2. The lowest BCUT2D eigenvalue weighted by molar-refractivity contribution is 0.262. The third-order valence-electron chi connectivity index (χ3n) is 1.56. The first-order valence-corrected chi connectivity index (χ1v) is 9.39. The topological polar surface area (TPSA) is 72.6 Å². The smallest absolute Gasteiger partial charge is 0.358 e. The predicted octanol–water partition coefficient (Wildman–Crippen LogP) is 5.86. The zero-order valence-corrected chi connectivity index (χ0v) is 16.5. The number of hydrogen-bond donors (Lipinski definition) is 2. The Bertz CT molecular complexity index is 306. The van der Waals surface area contributed by atoms with Crippen molar-refractivity contribution in [2.45, 2.75) is 61.3 Å². The van der Waals surface area contributed by atoms with Gasteiger partial charge in [-0.05, 0) is 25.5 Å². The van der Waals surface area contributed by atoms with Gasteiger partial charge in [0.25, 0.3) is 0 Å². The fourth-order valence-corrected chi connectivity index (χ4v) is 1.30. The normalized spacial score (nSPS) is 11.9. The van der Waals surface area contributed by atoms with Crippen molar-refractivity contribution in [3.05, 3.63) is 36.8 Å². The van der Waals surface area contributed by atoms with Gasteiger partial charge in [0, 0.05) is 0 Å². The minimum absolute atomic E-state index is 0.0543. The van der Waals surface area contributed by atoms with Crippen LogP contribution in [0.25, 0.3) is 0 Å². The Morgan fingerprint density at radius 3 is 1.95 bits per heavy atom. The van der Waals surface area contributed by atoms with E-state index in [0.717, 1.165) is 18.8 Å². The van der Waals surface area contributed by atoms with E-state index < -0.39 is 7.60 Å². The van der Waals surface area contributed by atoms with Gasteiger partial charge < -0.3 is 15.2 Å². The summed E-state index contributed by atoms with van der Waals surface area (Å²) in [5.41, 5.74) is 4.85. The van der Waals surface area contributed by atoms with Gasteiger partial charge in [0.2, 0.25) is 0 Å². The van der Waals surface area contributed by atoms with E-state index in [1.54, 1.807) is 6.08 Å². The molecule has 1 atom stereocenters. The van der Waals surface area contributed by atoms with Crippen LogP contribution < -0.4 is 5.73 Å². The van der Waals surface area contributed by atoms with Gasteiger partial charge in [-0.25, -0.2) is 0 Å². The van der Waals surface area contributed by atoms with Crippen molar-refractivity contribution in [3.63, 3.8) is 0 Å². The van der Waals surface area contributed by atoms with E-state index in [-0.39, 0.29) is 11.9 Å². The molecule has 0 aromatic heterocycles. The van der Waals surface area contributed by atoms with Gasteiger partial charge in [-0.1, -0.05) is 73.3 Å². The molecule has 5 heteroatoms. The molecule has 22 heavy (non-hydrogen) atoms. The zero-order chi connectivity index (χ0) is 18.6. The van der Waals surface area contributed by atoms with E-state index in [4.69, 9.17) is 10.3 Å². The average molecular weight is 335 g/mol. The summed E-state index contributed by atoms with van der Waals surface area (Å²) in [6, 6.07) is 0. The molecule has 0 aliphatic rings. The average Bonchev–Trinajstić information content (AvgIpc) is 2.48. The van der Waals surface area contributed by atoms with Gasteiger partial charge in [-0.15, -0.1) is 0 Å². The SMILES string of the molecule is C/C=C/N.C=CC(=C)P(=O)(O)OCCCC.CC.CC(C)C. The Labute approximate surface area is 138 Å². The Kier molecular flexibility index (Phi) is 29.8. The second-order valence-electron chi connectivity index (χ2n) is 4.66. The highest BCUT2D eigenvalue weighted by Gasteiger charge is 2.20. The number of nitrogens with two attached hydrogens (primary N) is 1. The van der Waals surface area contributed by atoms with Crippen LogP contribution in [0.4, 0.5) is 0 Å². The van der Waals surface area contributed by atoms with E-state index in [9.17, 15) is 9.46 Å². The summed E-state index contributed by atoms with van der Waals surface area (Å²) in [4.78, 5) is 9.17. The third-order valence-corrected chi connectivity index (χ3v) is 3.00. The van der Waals surface area contributed by atoms with Crippen molar-refractivity contribution < 1.29 is 14.0 Å². The van der Waals surface area contributed by atoms with Gasteiger partial charge in [0.1, 0.15) is 0 Å². The van der Waals surface area contributed by atoms with E-state index in [1.165, 1.54) is 12.3 Å². The predicted molar refractivity (Wildman–Crippen MR) is 101 cm³/mol. The Morgan fingerprint density at radius 1 is 1.36 bits per heavy atom. The molecule has 4 nitrogen and oxygen atoms in total. The lowest BCUT2D eigenvalue weighted by Gasteiger charge is -2.10. The summed E-state index contributed by atoms with van der Waals surface area (Å²) < 4.78 is 15.9. The van der Waals surface area contributed by atoms with Crippen LogP contribution in [0.1, 0.15) is 61.3 Å². The molecular weight excluding hydrogens is 297 g/mol. The van der Waals surface area contributed by atoms with Crippen LogP contribution >= 0.6 is 7.60 Å². The first-order valence-electron chi connectivity index (χ1n) is 7.81. The van der Waals surface area contributed by atoms with Crippen LogP contribution in [0.3, 0.4) is 0 Å². The zero-order valence-electron chi connectivity index (χ0n) is 15.6. The molecule has 0 aromatic carbocycles. The molecule has 0 amide bonds. The second kappa shape index (κ2) is 22.5. The maximum absolute atomic E-state index is 11.2. The molecule has 0 saturated heterocycles. The fraction of sp³-hybridized carbons (Fsp3) is 0.647. The monoisotopic (exact) mass is 335 g/mol. The number of unbranched alkanes of at least 4 members (excludes halogenated alkanes) is 1. The van der Waals surface area contributed by atoms with Gasteiger partial charge in [-0.2, -0.15) is 0 Å². The lowest BCUT2D eigenvalue weighted by Crippen LogP contribution is -1.92. The second-order valence-corrected chi connectivity index (χ2v) is 6.53. The summed E-state index contributed by atoms with van der Waals surface area (Å²) in [5.74, 6) is 0.833. The third kappa shape index (κ3) is 31.5. The van der Waals surface area contributed by atoms with Crippen LogP contribution in [-0.2, 0) is 9.09 Å². The van der Waals surface area contributed by atoms with E-state index in [1.807, 2.05) is 27.7 Å². The van der Waals surface area contributed by atoms with Gasteiger partial charge in [-0.3, -0.25) is 4.57 Å². The van der Waals surface area contributed by atoms with Crippen LogP contribution in [-0.4, -0.2) is 11.5 Å². The molecular formula is C17H38NO3P. The van der Waals surface area contributed by atoms with Crippen LogP contribution in [0.2, 0.25) is 0 Å². The van der Waals surface area contributed by atoms with Gasteiger partial charge >= 0.3 is 7.60 Å². The van der Waals surface area contributed by atoms with Gasteiger partial charge in [0.15, 0.2) is 0 Å². The molecule has 0 aliphatic carbocycles. The first-order chi connectivity index (χ1) is 10.2. The molecule has 0 spiro atoms. The molecule has 0 aromatic rings. The maximum atomic E-state index is 11.2. The quantitative estimate of drug-likeness (QED) is 0.362. The summed E-state index contributed by atoms with van der Waals surface area (Å²) >= 11 is 0. The van der Waals surface area contributed by atoms with Crippen LogP contribution in [0, 0.1) is 5.92 Å². The highest BCUT2D eigenvalue weighted by atomic mass is 31.2. The lowest BCUT2D eigenvalue weighted by atomic mass is 10.3. The van der Waals surface area contributed by atoms with E-state index >= 15 is 0 Å². The molecule has 0 heterocycles. The minimum Gasteiger partial charge on any atom is -0.405 e. The number of allylic oxidation sites excluding steroid dienone is 3. The summed E-state index contributed by atoms with van der Waals surface area (Å²) in [6.07, 6.45) is 6.22. The van der Waals surface area contributed by atoms with Crippen molar-refractivity contribution >= 4 is 7.60 Å². The highest BCUT2D eigenvalue weighted by molar-refractivity contribution is 7.57. The van der Waals surface area contributed by atoms with Crippen LogP contribution in [0.15, 0.2) is 36.8 Å². The van der Waals surface area contributed by atoms with Crippen molar-refractivity contribution in [1.82, 2.24) is 0 Å². The molecule has 3 N–H and O–H groups in total. The molecule has 0 fully saturated rings. The summed E-state index contributed by atoms with van der Waals surface area (Å²) in [7, 11) is -3.63. The maximum Gasteiger partial charge on any atom is 0.358 e. The molecule has 0 radical (unpaired) electrons. The molecule has 0 bridgehead atoms. The van der Waals surface area contributed by atoms with Crippen molar-refractivity contribution in [1.29, 1.82) is 0 Å². The number of hydrogen-bond acceptors (Lipinski definition) is 3. The summed E-state index contributed by atoms with van der Waals surface area (Å²) in [6.45, 7) is 21.4. The largest absolute Gasteiger partial charge is 0.405 e. The Hall–Kier alpha value is -0.830. The van der Waals surface area contributed by atoms with Crippen molar-refractivity contribution in [2.24, 2.45) is 11.7 Å². The van der Waals surface area contributed by atoms with Gasteiger partial charge in [0.05, 0.1) is 11.9 Å². The molecule has 0 rings (SSSR count). The number of rotatable bonds is 6. The fourth-order valence-electron chi connectivity index (χ4n) is 0.531. The van der Waals surface area contributed by atoms with E-state index in [0.29, 0.717) is 0 Å². The molecule has 1 unspecified atom stereocenters. The van der Waals surface area contributed by atoms with Crippen molar-refractivity contribution in [2.75, 3.05) is 6.61 Å². The van der Waals surface area contributed by atoms with Crippen LogP contribution in [0.5, 0.6) is 0 Å². The molecule has 134 valence electrons. The van der Waals surface area contributed by atoms with E-state index in [2.05, 4.69) is 33.9 Å². The minimum atomic E-state index is -3.63. The summed E-state index contributed by atoms with van der Waals surface area (Å²) in [5, 5.41) is 0.0543. The standard InChI is InChI=1S/C8H15O3P.C4H10.C3H7N.C2H6/c1-4-6-7-11-12(9,10)8(3)5-2;1-4(2)3;1-2-3-4;1-2/h5H,2-4,6-7H2,1H3,(H,9,10);4H,1-3H3;2-3H,4H2,1H3;1-2H3/b;;3-2+;. The Morgan fingerprint density at radius 2 is 1.73 bits per heavy atom. The highest BCUT2D eigenvalue weighted by Crippen LogP contribution is 2.50. The molecule has 0 saturated carbocycles. The molecule has 0 aliphatic heterocycles. The Balaban J connectivity index is -0.000000133. The van der Waals surface area contributed by atoms with Crippen molar-refractivity contribution in [3.8, 4) is 0 Å².